The monoisotopic (exact) mass is 231 g/mol. The standard InChI is InChI=1S/C6H10O4.C4H7NO/c7-5(8)3-1-2-4-6(9)10;6-4-2-1-3-5-4/h1-4H2,(H,7,8)(H,9,10);1-3H2,(H,5,6). The average Bonchev–Trinajstić information content (AvgIpc) is 2.64. The summed E-state index contributed by atoms with van der Waals surface area (Å²) < 4.78 is 0. The van der Waals surface area contributed by atoms with Gasteiger partial charge in [-0.15, -0.1) is 0 Å². The lowest BCUT2D eigenvalue weighted by molar-refractivity contribution is -0.139. The van der Waals surface area contributed by atoms with Crippen LogP contribution < -0.4 is 5.32 Å². The van der Waals surface area contributed by atoms with Crippen molar-refractivity contribution in [2.45, 2.75) is 38.5 Å². The fourth-order valence-corrected chi connectivity index (χ4v) is 1.12. The molecule has 92 valence electrons. The van der Waals surface area contributed by atoms with E-state index in [1.165, 1.54) is 0 Å². The summed E-state index contributed by atoms with van der Waals surface area (Å²) in [6, 6.07) is 0. The van der Waals surface area contributed by atoms with Crippen molar-refractivity contribution in [2.24, 2.45) is 0 Å². The van der Waals surface area contributed by atoms with Gasteiger partial charge in [-0.25, -0.2) is 0 Å². The van der Waals surface area contributed by atoms with Crippen molar-refractivity contribution in [3.63, 3.8) is 0 Å². The smallest absolute Gasteiger partial charge is 0.303 e. The minimum atomic E-state index is -0.870. The number of carbonyl (C=O) groups excluding carboxylic acids is 1. The Morgan fingerprint density at radius 1 is 1.12 bits per heavy atom. The predicted molar refractivity (Wildman–Crippen MR) is 56.0 cm³/mol. The molecule has 0 atom stereocenters. The van der Waals surface area contributed by atoms with Gasteiger partial charge in [0.05, 0.1) is 0 Å². The lowest BCUT2D eigenvalue weighted by atomic mass is 10.2. The summed E-state index contributed by atoms with van der Waals surface area (Å²) in [4.78, 5) is 29.9. The van der Waals surface area contributed by atoms with Gasteiger partial charge in [-0.2, -0.15) is 0 Å². The van der Waals surface area contributed by atoms with Gasteiger partial charge in [0.2, 0.25) is 5.91 Å². The minimum Gasteiger partial charge on any atom is -0.481 e. The number of unbranched alkanes of at least 4 members (excludes halogenated alkanes) is 1. The second-order valence-electron chi connectivity index (χ2n) is 3.45. The number of hydrogen-bond donors (Lipinski definition) is 3. The van der Waals surface area contributed by atoms with Crippen LogP contribution in [0.25, 0.3) is 0 Å². The van der Waals surface area contributed by atoms with Crippen LogP contribution in [0.4, 0.5) is 0 Å². The number of amides is 1. The molecule has 3 N–H and O–H groups in total. The minimum absolute atomic E-state index is 0.0628. The Morgan fingerprint density at radius 3 is 1.81 bits per heavy atom. The molecular formula is C10H17NO5. The molecule has 1 fully saturated rings. The first-order valence-electron chi connectivity index (χ1n) is 5.22. The molecule has 1 aliphatic heterocycles. The second-order valence-corrected chi connectivity index (χ2v) is 3.45. The molecule has 0 saturated carbocycles. The Kier molecular flexibility index (Phi) is 7.83. The van der Waals surface area contributed by atoms with E-state index < -0.39 is 11.9 Å². The Balaban J connectivity index is 0.000000315. The zero-order chi connectivity index (χ0) is 12.4. The van der Waals surface area contributed by atoms with E-state index in [4.69, 9.17) is 10.2 Å². The van der Waals surface area contributed by atoms with Gasteiger partial charge >= 0.3 is 11.9 Å². The zero-order valence-electron chi connectivity index (χ0n) is 9.07. The fraction of sp³-hybridized carbons (Fsp3) is 0.700. The maximum atomic E-state index is 10.1. The summed E-state index contributed by atoms with van der Waals surface area (Å²) in [6.07, 6.45) is 2.78. The number of aliphatic carboxylic acids is 2. The lowest BCUT2D eigenvalue weighted by Crippen LogP contribution is -2.12. The molecule has 0 spiro atoms. The van der Waals surface area contributed by atoms with E-state index in [2.05, 4.69) is 5.32 Å². The molecule has 6 nitrogen and oxygen atoms in total. The van der Waals surface area contributed by atoms with Crippen LogP contribution >= 0.6 is 0 Å². The topological polar surface area (TPSA) is 104 Å². The van der Waals surface area contributed by atoms with E-state index in [1.54, 1.807) is 0 Å². The number of hydrogen-bond acceptors (Lipinski definition) is 3. The molecule has 0 aliphatic carbocycles. The Bertz CT molecular complexity index is 228. The SMILES string of the molecule is O=C(O)CCCCC(=O)O.O=C1CCCN1. The average molecular weight is 231 g/mol. The highest BCUT2D eigenvalue weighted by molar-refractivity contribution is 5.77. The summed E-state index contributed by atoms with van der Waals surface area (Å²) in [6.45, 7) is 0.888. The molecule has 0 aromatic carbocycles. The van der Waals surface area contributed by atoms with E-state index in [0.717, 1.165) is 19.4 Å². The maximum absolute atomic E-state index is 10.1. The van der Waals surface area contributed by atoms with Gasteiger partial charge in [-0.3, -0.25) is 14.4 Å². The van der Waals surface area contributed by atoms with Crippen molar-refractivity contribution in [1.29, 1.82) is 0 Å². The van der Waals surface area contributed by atoms with Crippen LogP contribution in [0.2, 0.25) is 0 Å². The molecular weight excluding hydrogens is 214 g/mol. The van der Waals surface area contributed by atoms with E-state index in [1.807, 2.05) is 0 Å². The van der Waals surface area contributed by atoms with Crippen molar-refractivity contribution in [3.8, 4) is 0 Å². The van der Waals surface area contributed by atoms with Crippen LogP contribution in [-0.4, -0.2) is 34.6 Å². The quantitative estimate of drug-likeness (QED) is 0.601. The Labute approximate surface area is 93.6 Å². The zero-order valence-corrected chi connectivity index (χ0v) is 9.07. The number of nitrogens with one attached hydrogen (secondary N) is 1. The van der Waals surface area contributed by atoms with Crippen molar-refractivity contribution in [3.05, 3.63) is 0 Å². The highest BCUT2D eigenvalue weighted by atomic mass is 16.4. The van der Waals surface area contributed by atoms with Gasteiger partial charge in [-0.05, 0) is 19.3 Å². The molecule has 1 rings (SSSR count). The predicted octanol–water partition coefficient (Wildman–Crippen LogP) is 0.612. The van der Waals surface area contributed by atoms with Gasteiger partial charge in [0, 0.05) is 25.8 Å². The van der Waals surface area contributed by atoms with Crippen molar-refractivity contribution < 1.29 is 24.6 Å². The van der Waals surface area contributed by atoms with E-state index in [9.17, 15) is 14.4 Å². The van der Waals surface area contributed by atoms with Crippen LogP contribution in [-0.2, 0) is 14.4 Å². The Hall–Kier alpha value is -1.59. The molecule has 0 unspecified atom stereocenters. The van der Waals surface area contributed by atoms with Crippen molar-refractivity contribution >= 4 is 17.8 Å². The second kappa shape index (κ2) is 8.70. The first-order valence-corrected chi connectivity index (χ1v) is 5.22. The van der Waals surface area contributed by atoms with Crippen LogP contribution in [0.1, 0.15) is 38.5 Å². The van der Waals surface area contributed by atoms with Gasteiger partial charge in [0.1, 0.15) is 0 Å². The lowest BCUT2D eigenvalue weighted by Gasteiger charge is -1.92. The highest BCUT2D eigenvalue weighted by Gasteiger charge is 2.05. The third-order valence-electron chi connectivity index (χ3n) is 1.93. The largest absolute Gasteiger partial charge is 0.481 e. The van der Waals surface area contributed by atoms with Crippen LogP contribution in [0.5, 0.6) is 0 Å². The van der Waals surface area contributed by atoms with Gasteiger partial charge in [-0.1, -0.05) is 0 Å². The van der Waals surface area contributed by atoms with E-state index in [-0.39, 0.29) is 18.7 Å². The van der Waals surface area contributed by atoms with Crippen LogP contribution in [0.15, 0.2) is 0 Å². The van der Waals surface area contributed by atoms with Crippen molar-refractivity contribution in [1.82, 2.24) is 5.32 Å². The molecule has 0 bridgehead atoms. The summed E-state index contributed by atoms with van der Waals surface area (Å²) in [5.41, 5.74) is 0. The summed E-state index contributed by atoms with van der Waals surface area (Å²) >= 11 is 0. The number of carboxylic acid groups (broad SMARTS) is 2. The first-order chi connectivity index (χ1) is 7.52. The molecule has 0 aromatic heterocycles. The van der Waals surface area contributed by atoms with Gasteiger partial charge in [0.25, 0.3) is 0 Å². The first kappa shape index (κ1) is 14.4. The van der Waals surface area contributed by atoms with E-state index in [0.29, 0.717) is 12.8 Å². The molecule has 0 aromatic rings. The summed E-state index contributed by atoms with van der Waals surface area (Å²) in [7, 11) is 0. The van der Waals surface area contributed by atoms with Crippen LogP contribution in [0, 0.1) is 0 Å². The molecule has 1 saturated heterocycles. The third-order valence-corrected chi connectivity index (χ3v) is 1.93. The molecule has 16 heavy (non-hydrogen) atoms. The molecule has 6 heteroatoms. The summed E-state index contributed by atoms with van der Waals surface area (Å²) in [5, 5.41) is 18.9. The van der Waals surface area contributed by atoms with Gasteiger partial charge in [0.15, 0.2) is 0 Å². The number of rotatable bonds is 5. The number of carboxylic acids is 2. The maximum Gasteiger partial charge on any atom is 0.303 e. The molecule has 1 amide bonds. The van der Waals surface area contributed by atoms with Gasteiger partial charge < -0.3 is 15.5 Å². The van der Waals surface area contributed by atoms with E-state index >= 15 is 0 Å². The fourth-order valence-electron chi connectivity index (χ4n) is 1.12. The highest BCUT2D eigenvalue weighted by Crippen LogP contribution is 1.98. The molecule has 1 heterocycles. The molecule has 1 aliphatic rings. The molecule has 0 radical (unpaired) electrons. The normalized spacial score (nSPS) is 13.6. The van der Waals surface area contributed by atoms with Crippen LogP contribution in [0.3, 0.4) is 0 Å². The third kappa shape index (κ3) is 10.5. The summed E-state index contributed by atoms with van der Waals surface area (Å²) in [5.74, 6) is -1.54. The van der Waals surface area contributed by atoms with Crippen molar-refractivity contribution in [2.75, 3.05) is 6.54 Å². The number of carbonyl (C=O) groups is 3. The Morgan fingerprint density at radius 2 is 1.62 bits per heavy atom.